The van der Waals surface area contributed by atoms with Crippen LogP contribution in [0.1, 0.15) is 32.1 Å². The molecule has 2 atom stereocenters. The van der Waals surface area contributed by atoms with Crippen LogP contribution in [0.3, 0.4) is 0 Å². The monoisotopic (exact) mass is 412 g/mol. The van der Waals surface area contributed by atoms with Crippen molar-refractivity contribution in [3.8, 4) is 0 Å². The van der Waals surface area contributed by atoms with Gasteiger partial charge in [0.2, 0.25) is 11.8 Å². The Hall–Kier alpha value is -1.06. The van der Waals surface area contributed by atoms with Gasteiger partial charge in [0, 0.05) is 51.7 Å². The SMILES string of the molecule is Cl.O=C(NCC(N1CCNCC1)C(F)(F)F)C1CC(=O)N(C2CCCC2)C1. The number of halogens is 4. The molecule has 2 aliphatic heterocycles. The smallest absolute Gasteiger partial charge is 0.354 e. The maximum Gasteiger partial charge on any atom is 0.405 e. The number of hydrogen-bond acceptors (Lipinski definition) is 4. The van der Waals surface area contributed by atoms with Crippen LogP contribution in [0, 0.1) is 5.92 Å². The molecule has 0 bridgehead atoms. The normalized spacial score (nSPS) is 26.1. The molecule has 2 saturated heterocycles. The first-order chi connectivity index (χ1) is 12.4. The van der Waals surface area contributed by atoms with Crippen molar-refractivity contribution in [2.75, 3.05) is 39.3 Å². The summed E-state index contributed by atoms with van der Waals surface area (Å²) in [5, 5.41) is 5.49. The fraction of sp³-hybridized carbons (Fsp3) is 0.882. The van der Waals surface area contributed by atoms with E-state index in [1.807, 2.05) is 0 Å². The quantitative estimate of drug-likeness (QED) is 0.711. The predicted octanol–water partition coefficient (Wildman–Crippen LogP) is 1.15. The zero-order chi connectivity index (χ0) is 18.7. The van der Waals surface area contributed by atoms with Crippen LogP contribution in [-0.4, -0.2) is 79.1 Å². The van der Waals surface area contributed by atoms with Crippen molar-refractivity contribution < 1.29 is 22.8 Å². The van der Waals surface area contributed by atoms with Crippen molar-refractivity contribution >= 4 is 24.2 Å². The van der Waals surface area contributed by atoms with Crippen molar-refractivity contribution in [3.63, 3.8) is 0 Å². The summed E-state index contributed by atoms with van der Waals surface area (Å²) in [6.07, 6.45) is -0.205. The molecule has 0 aromatic carbocycles. The van der Waals surface area contributed by atoms with Gasteiger partial charge in [-0.1, -0.05) is 12.8 Å². The van der Waals surface area contributed by atoms with E-state index in [1.54, 1.807) is 4.90 Å². The van der Waals surface area contributed by atoms with Gasteiger partial charge in [-0.15, -0.1) is 12.4 Å². The number of carbonyl (C=O) groups is 2. The molecule has 0 aromatic heterocycles. The summed E-state index contributed by atoms with van der Waals surface area (Å²) in [5.41, 5.74) is 0. The second kappa shape index (κ2) is 9.43. The minimum Gasteiger partial charge on any atom is -0.354 e. The molecule has 0 radical (unpaired) electrons. The fourth-order valence-corrected chi connectivity index (χ4v) is 4.26. The van der Waals surface area contributed by atoms with Crippen molar-refractivity contribution in [1.82, 2.24) is 20.4 Å². The Morgan fingerprint density at radius 3 is 2.44 bits per heavy atom. The van der Waals surface area contributed by atoms with Crippen LogP contribution in [0.2, 0.25) is 0 Å². The molecule has 3 aliphatic rings. The Morgan fingerprint density at radius 2 is 1.85 bits per heavy atom. The van der Waals surface area contributed by atoms with Crippen molar-refractivity contribution in [1.29, 1.82) is 0 Å². The van der Waals surface area contributed by atoms with E-state index in [1.165, 1.54) is 4.90 Å². The van der Waals surface area contributed by atoms with E-state index in [0.29, 0.717) is 32.7 Å². The highest BCUT2D eigenvalue weighted by atomic mass is 35.5. The molecule has 1 aliphatic carbocycles. The highest BCUT2D eigenvalue weighted by Crippen LogP contribution is 2.30. The lowest BCUT2D eigenvalue weighted by atomic mass is 10.1. The lowest BCUT2D eigenvalue weighted by Crippen LogP contribution is -2.57. The second-order valence-electron chi connectivity index (χ2n) is 7.47. The lowest BCUT2D eigenvalue weighted by molar-refractivity contribution is -0.184. The molecule has 2 amide bonds. The highest BCUT2D eigenvalue weighted by Gasteiger charge is 2.45. The average molecular weight is 413 g/mol. The number of nitrogens with zero attached hydrogens (tertiary/aromatic N) is 2. The summed E-state index contributed by atoms with van der Waals surface area (Å²) in [6.45, 7) is 1.49. The Balaban J connectivity index is 0.00000261. The first kappa shape index (κ1) is 22.2. The number of amides is 2. The van der Waals surface area contributed by atoms with Gasteiger partial charge in [-0.25, -0.2) is 0 Å². The van der Waals surface area contributed by atoms with E-state index in [0.717, 1.165) is 25.7 Å². The molecule has 0 aromatic rings. The van der Waals surface area contributed by atoms with Crippen LogP contribution in [0.25, 0.3) is 0 Å². The van der Waals surface area contributed by atoms with E-state index < -0.39 is 30.6 Å². The molecular formula is C17H28ClF3N4O2. The molecule has 1 saturated carbocycles. The van der Waals surface area contributed by atoms with Gasteiger partial charge in [0.15, 0.2) is 0 Å². The van der Waals surface area contributed by atoms with Crippen LogP contribution >= 0.6 is 12.4 Å². The molecule has 10 heteroatoms. The lowest BCUT2D eigenvalue weighted by Gasteiger charge is -2.36. The van der Waals surface area contributed by atoms with Gasteiger partial charge in [0.25, 0.3) is 0 Å². The third-order valence-corrected chi connectivity index (χ3v) is 5.73. The number of hydrogen-bond donors (Lipinski definition) is 2. The third kappa shape index (κ3) is 5.48. The van der Waals surface area contributed by atoms with Gasteiger partial charge >= 0.3 is 6.18 Å². The second-order valence-corrected chi connectivity index (χ2v) is 7.47. The van der Waals surface area contributed by atoms with Gasteiger partial charge in [-0.05, 0) is 12.8 Å². The van der Waals surface area contributed by atoms with Crippen LogP contribution in [0.4, 0.5) is 13.2 Å². The molecular weight excluding hydrogens is 385 g/mol. The standard InChI is InChI=1S/C17H27F3N4O2.ClH/c18-17(19,20)14(23-7-5-21-6-8-23)10-22-16(26)12-9-15(25)24(11-12)13-3-1-2-4-13;/h12-14,21H,1-11H2,(H,22,26);1H. The van der Waals surface area contributed by atoms with E-state index in [4.69, 9.17) is 0 Å². The molecule has 0 spiro atoms. The van der Waals surface area contributed by atoms with Crippen LogP contribution in [0.15, 0.2) is 0 Å². The molecule has 3 rings (SSSR count). The first-order valence-corrected chi connectivity index (χ1v) is 9.45. The molecule has 2 unspecified atom stereocenters. The summed E-state index contributed by atoms with van der Waals surface area (Å²) in [4.78, 5) is 27.7. The van der Waals surface area contributed by atoms with Gasteiger partial charge in [-0.2, -0.15) is 13.2 Å². The number of piperazine rings is 1. The number of alkyl halides is 3. The summed E-state index contributed by atoms with van der Waals surface area (Å²) in [6, 6.07) is -1.49. The molecule has 6 nitrogen and oxygen atoms in total. The third-order valence-electron chi connectivity index (χ3n) is 5.73. The minimum absolute atomic E-state index is 0. The molecule has 27 heavy (non-hydrogen) atoms. The van der Waals surface area contributed by atoms with Gasteiger partial charge in [-0.3, -0.25) is 14.5 Å². The highest BCUT2D eigenvalue weighted by molar-refractivity contribution is 5.89. The van der Waals surface area contributed by atoms with E-state index in [2.05, 4.69) is 10.6 Å². The summed E-state index contributed by atoms with van der Waals surface area (Å²) in [5.74, 6) is -1.03. The Morgan fingerprint density at radius 1 is 1.22 bits per heavy atom. The number of likely N-dealkylation sites (tertiary alicyclic amines) is 1. The zero-order valence-electron chi connectivity index (χ0n) is 15.3. The van der Waals surface area contributed by atoms with Crippen LogP contribution in [-0.2, 0) is 9.59 Å². The number of nitrogens with one attached hydrogen (secondary N) is 2. The average Bonchev–Trinajstić information content (AvgIpc) is 3.24. The maximum atomic E-state index is 13.4. The minimum atomic E-state index is -4.40. The van der Waals surface area contributed by atoms with Crippen molar-refractivity contribution in [3.05, 3.63) is 0 Å². The number of carbonyl (C=O) groups excluding carboxylic acids is 2. The molecule has 2 N–H and O–H groups in total. The summed E-state index contributed by atoms with van der Waals surface area (Å²) < 4.78 is 40.2. The van der Waals surface area contributed by atoms with E-state index in [-0.39, 0.29) is 30.8 Å². The topological polar surface area (TPSA) is 64.7 Å². The van der Waals surface area contributed by atoms with E-state index >= 15 is 0 Å². The molecule has 3 fully saturated rings. The fourth-order valence-electron chi connectivity index (χ4n) is 4.26. The number of rotatable bonds is 5. The largest absolute Gasteiger partial charge is 0.405 e. The van der Waals surface area contributed by atoms with Crippen LogP contribution in [0.5, 0.6) is 0 Å². The zero-order valence-corrected chi connectivity index (χ0v) is 16.1. The Bertz CT molecular complexity index is 523. The summed E-state index contributed by atoms with van der Waals surface area (Å²) >= 11 is 0. The first-order valence-electron chi connectivity index (χ1n) is 9.45. The van der Waals surface area contributed by atoms with Gasteiger partial charge in [0.1, 0.15) is 6.04 Å². The van der Waals surface area contributed by atoms with Crippen LogP contribution < -0.4 is 10.6 Å². The molecule has 2 heterocycles. The predicted molar refractivity (Wildman–Crippen MR) is 96.6 cm³/mol. The van der Waals surface area contributed by atoms with Gasteiger partial charge in [0.05, 0.1) is 5.92 Å². The van der Waals surface area contributed by atoms with Gasteiger partial charge < -0.3 is 15.5 Å². The Labute approximate surface area is 163 Å². The molecule has 156 valence electrons. The van der Waals surface area contributed by atoms with Crippen molar-refractivity contribution in [2.45, 2.75) is 50.4 Å². The Kier molecular flexibility index (Phi) is 7.76. The maximum absolute atomic E-state index is 13.4. The summed E-state index contributed by atoms with van der Waals surface area (Å²) in [7, 11) is 0. The van der Waals surface area contributed by atoms with Crippen molar-refractivity contribution in [2.24, 2.45) is 5.92 Å². The van der Waals surface area contributed by atoms with E-state index in [9.17, 15) is 22.8 Å².